The molecule has 1 saturated heterocycles. The molecule has 2 aromatic carbocycles. The summed E-state index contributed by atoms with van der Waals surface area (Å²) in [6, 6.07) is 16.0. The number of amides is 2. The van der Waals surface area contributed by atoms with Crippen molar-refractivity contribution in [1.29, 1.82) is 0 Å². The van der Waals surface area contributed by atoms with Crippen LogP contribution in [0.25, 0.3) is 0 Å². The second-order valence-electron chi connectivity index (χ2n) is 7.20. The second-order valence-corrected chi connectivity index (χ2v) is 9.10. The lowest BCUT2D eigenvalue weighted by molar-refractivity contribution is -0.130. The summed E-state index contributed by atoms with van der Waals surface area (Å²) in [7, 11) is 0. The first kappa shape index (κ1) is 21.9. The SMILES string of the molecule is Cc1cccc(CN2CCN(C(=O)CSCC(=O)Nc3cccc(Br)c3)CC2)c1. The molecule has 1 fully saturated rings. The summed E-state index contributed by atoms with van der Waals surface area (Å²) in [5, 5.41) is 2.85. The van der Waals surface area contributed by atoms with E-state index in [1.165, 1.54) is 22.9 Å². The zero-order valence-electron chi connectivity index (χ0n) is 16.6. The molecular weight excluding hydrogens is 450 g/mol. The maximum absolute atomic E-state index is 12.4. The summed E-state index contributed by atoms with van der Waals surface area (Å²) in [6.45, 7) is 6.29. The predicted octanol–water partition coefficient (Wildman–Crippen LogP) is 3.77. The van der Waals surface area contributed by atoms with Crippen molar-refractivity contribution in [3.63, 3.8) is 0 Å². The van der Waals surface area contributed by atoms with Crippen molar-refractivity contribution in [3.8, 4) is 0 Å². The number of nitrogens with one attached hydrogen (secondary N) is 1. The molecule has 154 valence electrons. The number of anilines is 1. The maximum Gasteiger partial charge on any atom is 0.234 e. The number of hydrogen-bond donors (Lipinski definition) is 1. The van der Waals surface area contributed by atoms with E-state index >= 15 is 0 Å². The van der Waals surface area contributed by atoms with Gasteiger partial charge in [-0.3, -0.25) is 14.5 Å². The van der Waals surface area contributed by atoms with E-state index in [2.05, 4.69) is 57.3 Å². The molecule has 0 unspecified atom stereocenters. The first-order valence-electron chi connectivity index (χ1n) is 9.68. The number of nitrogens with zero attached hydrogens (tertiary/aromatic N) is 2. The lowest BCUT2D eigenvalue weighted by atomic mass is 10.1. The third kappa shape index (κ3) is 7.17. The van der Waals surface area contributed by atoms with Crippen molar-refractivity contribution >= 4 is 45.2 Å². The quantitative estimate of drug-likeness (QED) is 0.661. The summed E-state index contributed by atoms with van der Waals surface area (Å²) >= 11 is 4.75. The van der Waals surface area contributed by atoms with E-state index in [1.807, 2.05) is 29.2 Å². The molecule has 0 aliphatic carbocycles. The van der Waals surface area contributed by atoms with Crippen molar-refractivity contribution in [2.24, 2.45) is 0 Å². The lowest BCUT2D eigenvalue weighted by Gasteiger charge is -2.34. The summed E-state index contributed by atoms with van der Waals surface area (Å²) in [5.41, 5.74) is 3.34. The predicted molar refractivity (Wildman–Crippen MR) is 123 cm³/mol. The highest BCUT2D eigenvalue weighted by Gasteiger charge is 2.21. The molecule has 5 nitrogen and oxygen atoms in total. The van der Waals surface area contributed by atoms with E-state index < -0.39 is 0 Å². The zero-order valence-corrected chi connectivity index (χ0v) is 19.0. The van der Waals surface area contributed by atoms with Gasteiger partial charge in [-0.2, -0.15) is 0 Å². The van der Waals surface area contributed by atoms with Crippen molar-refractivity contribution in [2.45, 2.75) is 13.5 Å². The van der Waals surface area contributed by atoms with Crippen LogP contribution in [0.2, 0.25) is 0 Å². The molecule has 2 aromatic rings. The van der Waals surface area contributed by atoms with Crippen LogP contribution in [0.5, 0.6) is 0 Å². The molecule has 0 saturated carbocycles. The fourth-order valence-corrected chi connectivity index (χ4v) is 4.43. The first-order valence-corrected chi connectivity index (χ1v) is 11.6. The highest BCUT2D eigenvalue weighted by atomic mass is 79.9. The molecule has 0 bridgehead atoms. The fraction of sp³-hybridized carbons (Fsp3) is 0.364. The highest BCUT2D eigenvalue weighted by molar-refractivity contribution is 9.10. The number of piperazine rings is 1. The minimum Gasteiger partial charge on any atom is -0.339 e. The van der Waals surface area contributed by atoms with E-state index in [0.717, 1.165) is 42.9 Å². The molecule has 7 heteroatoms. The first-order chi connectivity index (χ1) is 14.0. The number of halogens is 1. The summed E-state index contributed by atoms with van der Waals surface area (Å²) < 4.78 is 0.916. The molecule has 0 atom stereocenters. The molecule has 29 heavy (non-hydrogen) atoms. The molecule has 1 heterocycles. The Bertz CT molecular complexity index is 853. The average molecular weight is 476 g/mol. The Balaban J connectivity index is 1.35. The fourth-order valence-electron chi connectivity index (χ4n) is 3.31. The standard InChI is InChI=1S/C22H26BrN3O2S/c1-17-4-2-5-18(12-17)14-25-8-10-26(11-9-25)22(28)16-29-15-21(27)24-20-7-3-6-19(23)13-20/h2-7,12-13H,8-11,14-16H2,1H3,(H,24,27). The molecule has 2 amide bonds. The van der Waals surface area contributed by atoms with Gasteiger partial charge in [0.25, 0.3) is 0 Å². The Labute approximate surface area is 185 Å². The molecule has 1 aliphatic rings. The van der Waals surface area contributed by atoms with Gasteiger partial charge in [-0.05, 0) is 30.7 Å². The molecule has 0 spiro atoms. The minimum atomic E-state index is -0.0936. The number of benzene rings is 2. The number of carbonyl (C=O) groups excluding carboxylic acids is 2. The van der Waals surface area contributed by atoms with E-state index in [0.29, 0.717) is 5.75 Å². The van der Waals surface area contributed by atoms with Crippen LogP contribution in [0.15, 0.2) is 53.0 Å². The molecule has 1 N–H and O–H groups in total. The van der Waals surface area contributed by atoms with E-state index in [-0.39, 0.29) is 17.6 Å². The van der Waals surface area contributed by atoms with Crippen molar-refractivity contribution < 1.29 is 9.59 Å². The van der Waals surface area contributed by atoms with Crippen LogP contribution in [0, 0.1) is 6.92 Å². The Morgan fingerprint density at radius 1 is 1.03 bits per heavy atom. The van der Waals surface area contributed by atoms with Crippen LogP contribution in [0.1, 0.15) is 11.1 Å². The molecule has 0 radical (unpaired) electrons. The van der Waals surface area contributed by atoms with Gasteiger partial charge in [0, 0.05) is 42.9 Å². The third-order valence-corrected chi connectivity index (χ3v) is 6.19. The van der Waals surface area contributed by atoms with Gasteiger partial charge in [-0.15, -0.1) is 11.8 Å². The maximum atomic E-state index is 12.4. The molecule has 1 aliphatic heterocycles. The summed E-state index contributed by atoms with van der Waals surface area (Å²) in [5.74, 6) is 0.624. The van der Waals surface area contributed by atoms with Crippen LogP contribution in [-0.4, -0.2) is 59.3 Å². The minimum absolute atomic E-state index is 0.0936. The average Bonchev–Trinajstić information content (AvgIpc) is 2.68. The van der Waals surface area contributed by atoms with Gasteiger partial charge < -0.3 is 10.2 Å². The number of thioether (sulfide) groups is 1. The van der Waals surface area contributed by atoms with Crippen molar-refractivity contribution in [2.75, 3.05) is 43.0 Å². The number of hydrogen-bond acceptors (Lipinski definition) is 4. The second kappa shape index (κ2) is 10.8. The Hall–Kier alpha value is -1.83. The largest absolute Gasteiger partial charge is 0.339 e. The van der Waals surface area contributed by atoms with Crippen LogP contribution in [0.3, 0.4) is 0 Å². The smallest absolute Gasteiger partial charge is 0.234 e. The Morgan fingerprint density at radius 3 is 2.52 bits per heavy atom. The van der Waals surface area contributed by atoms with Crippen molar-refractivity contribution in [3.05, 3.63) is 64.1 Å². The summed E-state index contributed by atoms with van der Waals surface area (Å²) in [4.78, 5) is 28.8. The molecule has 3 rings (SSSR count). The Morgan fingerprint density at radius 2 is 1.79 bits per heavy atom. The Kier molecular flexibility index (Phi) is 8.15. The van der Waals surface area contributed by atoms with E-state index in [9.17, 15) is 9.59 Å². The van der Waals surface area contributed by atoms with Crippen LogP contribution in [-0.2, 0) is 16.1 Å². The third-order valence-electron chi connectivity index (χ3n) is 4.78. The normalized spacial score (nSPS) is 14.6. The van der Waals surface area contributed by atoms with E-state index in [4.69, 9.17) is 0 Å². The topological polar surface area (TPSA) is 52.7 Å². The van der Waals surface area contributed by atoms with Gasteiger partial charge in [0.05, 0.1) is 11.5 Å². The van der Waals surface area contributed by atoms with Gasteiger partial charge in [0.2, 0.25) is 11.8 Å². The molecular formula is C22H26BrN3O2S. The number of rotatable bonds is 7. The lowest BCUT2D eigenvalue weighted by Crippen LogP contribution is -2.48. The molecule has 0 aromatic heterocycles. The van der Waals surface area contributed by atoms with Gasteiger partial charge in [-0.1, -0.05) is 51.8 Å². The van der Waals surface area contributed by atoms with Crippen LogP contribution in [0.4, 0.5) is 5.69 Å². The zero-order chi connectivity index (χ0) is 20.6. The van der Waals surface area contributed by atoms with Gasteiger partial charge in [0.15, 0.2) is 0 Å². The van der Waals surface area contributed by atoms with E-state index in [1.54, 1.807) is 0 Å². The van der Waals surface area contributed by atoms with Crippen LogP contribution >= 0.6 is 27.7 Å². The summed E-state index contributed by atoms with van der Waals surface area (Å²) in [6.07, 6.45) is 0. The van der Waals surface area contributed by atoms with Crippen LogP contribution < -0.4 is 5.32 Å². The monoisotopic (exact) mass is 475 g/mol. The van der Waals surface area contributed by atoms with Gasteiger partial charge >= 0.3 is 0 Å². The van der Waals surface area contributed by atoms with Gasteiger partial charge in [0.1, 0.15) is 0 Å². The number of carbonyl (C=O) groups is 2. The van der Waals surface area contributed by atoms with Gasteiger partial charge in [-0.25, -0.2) is 0 Å². The van der Waals surface area contributed by atoms with Crippen molar-refractivity contribution in [1.82, 2.24) is 9.80 Å². The number of aryl methyl sites for hydroxylation is 1. The highest BCUT2D eigenvalue weighted by Crippen LogP contribution is 2.16.